The maximum atomic E-state index is 12.9. The van der Waals surface area contributed by atoms with Crippen LogP contribution in [-0.2, 0) is 16.6 Å². The fraction of sp³-hybridized carbons (Fsp3) is 0.571. The average Bonchev–Trinajstić information content (AvgIpc) is 2.45. The van der Waals surface area contributed by atoms with Gasteiger partial charge < -0.3 is 10.5 Å². The fourth-order valence-electron chi connectivity index (χ4n) is 2.52. The first kappa shape index (κ1) is 16.6. The highest BCUT2D eigenvalue weighted by Crippen LogP contribution is 2.32. The molecule has 0 radical (unpaired) electrons. The number of nitrogens with two attached hydrogens (primary N) is 1. The van der Waals surface area contributed by atoms with Crippen LogP contribution in [0, 0.1) is 0 Å². The second kappa shape index (κ2) is 6.56. The zero-order chi connectivity index (χ0) is 15.6. The molecule has 0 aliphatic carbocycles. The molecule has 2 unspecified atom stereocenters. The van der Waals surface area contributed by atoms with E-state index in [9.17, 15) is 8.42 Å². The summed E-state index contributed by atoms with van der Waals surface area (Å²) in [6.07, 6.45) is 0. The SMILES string of the molecule is COc1ccc(CN)cc1S(=O)(=O)N1CC(C)SC(C)C1. The van der Waals surface area contributed by atoms with Gasteiger partial charge >= 0.3 is 0 Å². The standard InChI is InChI=1S/C14H22N2O3S2/c1-10-8-16(9-11(2)20-10)21(17,18)14-6-12(7-15)4-5-13(14)19-3/h4-6,10-11H,7-9,15H2,1-3H3. The first-order valence-corrected chi connectivity index (χ1v) is 9.29. The monoisotopic (exact) mass is 330 g/mol. The summed E-state index contributed by atoms with van der Waals surface area (Å²) < 4.78 is 32.6. The van der Waals surface area contributed by atoms with Gasteiger partial charge in [0, 0.05) is 30.1 Å². The second-order valence-corrected chi connectivity index (χ2v) is 9.06. The van der Waals surface area contributed by atoms with E-state index in [4.69, 9.17) is 10.5 Å². The molecule has 7 heteroatoms. The zero-order valence-electron chi connectivity index (χ0n) is 12.6. The van der Waals surface area contributed by atoms with Crippen LogP contribution in [0.3, 0.4) is 0 Å². The van der Waals surface area contributed by atoms with Crippen molar-refractivity contribution in [2.24, 2.45) is 5.73 Å². The molecule has 1 saturated heterocycles. The van der Waals surface area contributed by atoms with E-state index in [1.165, 1.54) is 7.11 Å². The number of thioether (sulfide) groups is 1. The van der Waals surface area contributed by atoms with E-state index < -0.39 is 10.0 Å². The van der Waals surface area contributed by atoms with Gasteiger partial charge in [0.25, 0.3) is 0 Å². The predicted molar refractivity (Wildman–Crippen MR) is 86.2 cm³/mol. The van der Waals surface area contributed by atoms with Gasteiger partial charge in [0.15, 0.2) is 0 Å². The summed E-state index contributed by atoms with van der Waals surface area (Å²) in [7, 11) is -2.08. The Morgan fingerprint density at radius 3 is 2.48 bits per heavy atom. The Morgan fingerprint density at radius 2 is 1.95 bits per heavy atom. The summed E-state index contributed by atoms with van der Waals surface area (Å²) in [4.78, 5) is 0.208. The summed E-state index contributed by atoms with van der Waals surface area (Å²) >= 11 is 1.82. The Morgan fingerprint density at radius 1 is 1.33 bits per heavy atom. The molecule has 0 bridgehead atoms. The van der Waals surface area contributed by atoms with Gasteiger partial charge in [0.2, 0.25) is 10.0 Å². The molecule has 1 heterocycles. The van der Waals surface area contributed by atoms with Crippen LogP contribution in [0.5, 0.6) is 5.75 Å². The summed E-state index contributed by atoms with van der Waals surface area (Å²) in [5.41, 5.74) is 6.40. The Labute approximate surface area is 130 Å². The van der Waals surface area contributed by atoms with Crippen LogP contribution in [0.2, 0.25) is 0 Å². The van der Waals surface area contributed by atoms with E-state index in [1.54, 1.807) is 22.5 Å². The summed E-state index contributed by atoms with van der Waals surface area (Å²) in [5, 5.41) is 0.569. The Balaban J connectivity index is 2.43. The van der Waals surface area contributed by atoms with Crippen LogP contribution < -0.4 is 10.5 Å². The zero-order valence-corrected chi connectivity index (χ0v) is 14.2. The van der Waals surface area contributed by atoms with E-state index in [1.807, 2.05) is 11.8 Å². The molecule has 1 aromatic carbocycles. The number of methoxy groups -OCH3 is 1. The number of hydrogen-bond acceptors (Lipinski definition) is 5. The van der Waals surface area contributed by atoms with Crippen molar-refractivity contribution < 1.29 is 13.2 Å². The quantitative estimate of drug-likeness (QED) is 0.909. The van der Waals surface area contributed by atoms with Gasteiger partial charge in [0.05, 0.1) is 7.11 Å². The number of sulfonamides is 1. The van der Waals surface area contributed by atoms with Gasteiger partial charge in [-0.15, -0.1) is 0 Å². The highest BCUT2D eigenvalue weighted by Gasteiger charge is 2.33. The minimum absolute atomic E-state index is 0.208. The van der Waals surface area contributed by atoms with Gasteiger partial charge in [-0.2, -0.15) is 16.1 Å². The highest BCUT2D eigenvalue weighted by molar-refractivity contribution is 8.00. The van der Waals surface area contributed by atoms with E-state index >= 15 is 0 Å². The maximum absolute atomic E-state index is 12.9. The maximum Gasteiger partial charge on any atom is 0.246 e. The second-order valence-electron chi connectivity index (χ2n) is 5.27. The molecule has 1 aliphatic rings. The lowest BCUT2D eigenvalue weighted by Gasteiger charge is -2.34. The van der Waals surface area contributed by atoms with Crippen LogP contribution in [0.15, 0.2) is 23.1 Å². The van der Waals surface area contributed by atoms with E-state index in [-0.39, 0.29) is 15.4 Å². The Kier molecular flexibility index (Phi) is 5.19. The first-order chi connectivity index (χ1) is 9.88. The molecule has 2 atom stereocenters. The molecule has 0 spiro atoms. The molecule has 0 aromatic heterocycles. The number of rotatable bonds is 4. The van der Waals surface area contributed by atoms with Gasteiger partial charge in [-0.25, -0.2) is 8.42 Å². The Bertz CT molecular complexity index is 594. The van der Waals surface area contributed by atoms with Crippen LogP contribution >= 0.6 is 11.8 Å². The lowest BCUT2D eigenvalue weighted by molar-refractivity contribution is 0.385. The topological polar surface area (TPSA) is 72.6 Å². The van der Waals surface area contributed by atoms with Crippen LogP contribution in [0.4, 0.5) is 0 Å². The smallest absolute Gasteiger partial charge is 0.246 e. The van der Waals surface area contributed by atoms with E-state index in [2.05, 4.69) is 13.8 Å². The number of hydrogen-bond donors (Lipinski definition) is 1. The van der Waals surface area contributed by atoms with Gasteiger partial charge in [-0.3, -0.25) is 0 Å². The van der Waals surface area contributed by atoms with Crippen LogP contribution in [0.1, 0.15) is 19.4 Å². The third-order valence-electron chi connectivity index (χ3n) is 3.47. The number of ether oxygens (including phenoxy) is 1. The molecule has 1 aromatic rings. The summed E-state index contributed by atoms with van der Waals surface area (Å²) in [6, 6.07) is 5.07. The highest BCUT2D eigenvalue weighted by atomic mass is 32.2. The lowest BCUT2D eigenvalue weighted by atomic mass is 10.2. The van der Waals surface area contributed by atoms with Crippen molar-refractivity contribution in [2.75, 3.05) is 20.2 Å². The predicted octanol–water partition coefficient (Wildman–Crippen LogP) is 1.67. The number of benzene rings is 1. The van der Waals surface area contributed by atoms with Crippen molar-refractivity contribution in [3.63, 3.8) is 0 Å². The van der Waals surface area contributed by atoms with Crippen molar-refractivity contribution in [3.05, 3.63) is 23.8 Å². The first-order valence-electron chi connectivity index (χ1n) is 6.91. The molecular weight excluding hydrogens is 308 g/mol. The van der Waals surface area contributed by atoms with Gasteiger partial charge in [-0.05, 0) is 17.7 Å². The molecule has 0 amide bonds. The normalized spacial score (nSPS) is 24.0. The van der Waals surface area contributed by atoms with Crippen molar-refractivity contribution >= 4 is 21.8 Å². The average molecular weight is 330 g/mol. The van der Waals surface area contributed by atoms with Crippen molar-refractivity contribution in [1.29, 1.82) is 0 Å². The van der Waals surface area contributed by atoms with Crippen molar-refractivity contribution in [1.82, 2.24) is 4.31 Å². The summed E-state index contributed by atoms with van der Waals surface area (Å²) in [6.45, 7) is 5.45. The third kappa shape index (κ3) is 3.53. The van der Waals surface area contributed by atoms with Crippen LogP contribution in [0.25, 0.3) is 0 Å². The van der Waals surface area contributed by atoms with E-state index in [0.717, 1.165) is 5.56 Å². The van der Waals surface area contributed by atoms with Crippen molar-refractivity contribution in [2.45, 2.75) is 35.8 Å². The molecule has 2 N–H and O–H groups in total. The Hall–Kier alpha value is -0.760. The fourth-order valence-corrected chi connectivity index (χ4v) is 5.85. The molecule has 0 saturated carbocycles. The van der Waals surface area contributed by atoms with Crippen molar-refractivity contribution in [3.8, 4) is 5.75 Å². The number of nitrogens with zero attached hydrogens (tertiary/aromatic N) is 1. The van der Waals surface area contributed by atoms with Gasteiger partial charge in [-0.1, -0.05) is 19.9 Å². The molecule has 1 aliphatic heterocycles. The third-order valence-corrected chi connectivity index (χ3v) is 6.55. The van der Waals surface area contributed by atoms with Gasteiger partial charge in [0.1, 0.15) is 10.6 Å². The molecule has 2 rings (SSSR count). The molecule has 5 nitrogen and oxygen atoms in total. The largest absolute Gasteiger partial charge is 0.495 e. The molecule has 118 valence electrons. The lowest BCUT2D eigenvalue weighted by Crippen LogP contribution is -2.44. The minimum atomic E-state index is -3.56. The minimum Gasteiger partial charge on any atom is -0.495 e. The molecule has 1 fully saturated rings. The molecule has 21 heavy (non-hydrogen) atoms. The van der Waals surface area contributed by atoms with Crippen LogP contribution in [-0.4, -0.2) is 43.4 Å². The summed E-state index contributed by atoms with van der Waals surface area (Å²) in [5.74, 6) is 0.366. The molecular formula is C14H22N2O3S2. The van der Waals surface area contributed by atoms with E-state index in [0.29, 0.717) is 25.4 Å².